The lowest BCUT2D eigenvalue weighted by Gasteiger charge is -2.24. The minimum Gasteiger partial charge on any atom is -0.0623 e. The van der Waals surface area contributed by atoms with E-state index in [0.29, 0.717) is 0 Å². The van der Waals surface area contributed by atoms with Crippen molar-refractivity contribution in [1.29, 1.82) is 0 Å². The van der Waals surface area contributed by atoms with E-state index in [1.54, 1.807) is 0 Å². The van der Waals surface area contributed by atoms with Crippen LogP contribution in [0, 0.1) is 47.3 Å². The lowest BCUT2D eigenvalue weighted by atomic mass is 9.82. The van der Waals surface area contributed by atoms with Crippen LogP contribution in [0.15, 0.2) is 0 Å². The number of rotatable bonds is 0. The summed E-state index contributed by atoms with van der Waals surface area (Å²) in [5.74, 6) is 8.07. The van der Waals surface area contributed by atoms with Crippen molar-refractivity contribution in [2.24, 2.45) is 47.3 Å². The number of hydrogen-bond donors (Lipinski definition) is 0. The van der Waals surface area contributed by atoms with Gasteiger partial charge >= 0.3 is 0 Å². The van der Waals surface area contributed by atoms with Gasteiger partial charge in [-0.25, -0.2) is 0 Å². The molecule has 8 unspecified atom stereocenters. The first-order valence-corrected chi connectivity index (χ1v) is 14.2. The molecule has 4 fully saturated rings. The predicted octanol–water partition coefficient (Wildman–Crippen LogP) is 10.6. The molecule has 4 rings (SSSR count). The van der Waals surface area contributed by atoms with E-state index in [0.717, 1.165) is 47.3 Å². The van der Waals surface area contributed by atoms with Crippen LogP contribution in [0.3, 0.4) is 0 Å². The van der Waals surface area contributed by atoms with Gasteiger partial charge in [0.15, 0.2) is 0 Å². The Morgan fingerprint density at radius 1 is 0.233 bits per heavy atom. The third kappa shape index (κ3) is 11.6. The van der Waals surface area contributed by atoms with Crippen molar-refractivity contribution in [3.05, 3.63) is 0 Å². The molecule has 0 spiro atoms. The highest BCUT2D eigenvalue weighted by Gasteiger charge is 2.18. The van der Waals surface area contributed by atoms with Crippen LogP contribution in [0.2, 0.25) is 0 Å². The topological polar surface area (TPSA) is 0 Å². The van der Waals surface area contributed by atoms with Crippen molar-refractivity contribution in [2.45, 2.75) is 145 Å². The van der Waals surface area contributed by atoms with E-state index >= 15 is 0 Å². The Bertz CT molecular complexity index is 325. The van der Waals surface area contributed by atoms with Gasteiger partial charge in [0.1, 0.15) is 0 Å². The molecule has 0 amide bonds. The van der Waals surface area contributed by atoms with Crippen LogP contribution >= 0.6 is 0 Å². The van der Waals surface area contributed by atoms with Gasteiger partial charge in [-0.1, -0.05) is 145 Å². The van der Waals surface area contributed by atoms with Gasteiger partial charge in [-0.3, -0.25) is 0 Å². The summed E-state index contributed by atoms with van der Waals surface area (Å²) in [7, 11) is 0. The van der Waals surface area contributed by atoms with Crippen LogP contribution in [0.5, 0.6) is 0 Å². The Balaban J connectivity index is 0.000000200. The zero-order valence-corrected chi connectivity index (χ0v) is 22.5. The van der Waals surface area contributed by atoms with E-state index in [9.17, 15) is 0 Å². The normalized spacial score (nSPS) is 40.8. The van der Waals surface area contributed by atoms with Crippen molar-refractivity contribution in [2.75, 3.05) is 0 Å². The van der Waals surface area contributed by atoms with Crippen molar-refractivity contribution in [3.8, 4) is 0 Å². The van der Waals surface area contributed by atoms with E-state index in [-0.39, 0.29) is 0 Å². The predicted molar refractivity (Wildman–Crippen MR) is 138 cm³/mol. The van der Waals surface area contributed by atoms with Crippen LogP contribution in [-0.4, -0.2) is 0 Å². The van der Waals surface area contributed by atoms with E-state index in [1.165, 1.54) is 89.9 Å². The Kier molecular flexibility index (Phi) is 14.7. The van der Waals surface area contributed by atoms with E-state index in [4.69, 9.17) is 0 Å². The molecular weight excluding hydrogens is 360 g/mol. The lowest BCUT2D eigenvalue weighted by molar-refractivity contribution is 0.277. The summed E-state index contributed by atoms with van der Waals surface area (Å²) in [5.41, 5.74) is 0. The summed E-state index contributed by atoms with van der Waals surface area (Å²) >= 11 is 0. The van der Waals surface area contributed by atoms with Crippen LogP contribution in [0.25, 0.3) is 0 Å². The van der Waals surface area contributed by atoms with Gasteiger partial charge in [-0.15, -0.1) is 0 Å². The molecule has 4 saturated carbocycles. The maximum atomic E-state index is 2.38. The molecule has 0 aromatic carbocycles. The zero-order chi connectivity index (χ0) is 22.5. The van der Waals surface area contributed by atoms with E-state index < -0.39 is 0 Å². The minimum absolute atomic E-state index is 1.00. The van der Waals surface area contributed by atoms with Gasteiger partial charge in [-0.2, -0.15) is 0 Å². The number of hydrogen-bond acceptors (Lipinski definition) is 0. The largest absolute Gasteiger partial charge is 0.0623 e. The molecule has 0 nitrogen and oxygen atoms in total. The summed E-state index contributed by atoms with van der Waals surface area (Å²) in [6.07, 6.45) is 20.6. The molecule has 8 atom stereocenters. The fourth-order valence-corrected chi connectivity index (χ4v) is 5.66. The molecule has 0 aliphatic heterocycles. The van der Waals surface area contributed by atoms with Gasteiger partial charge in [0, 0.05) is 0 Å². The third-order valence-electron chi connectivity index (χ3n) is 9.66. The summed E-state index contributed by atoms with van der Waals surface area (Å²) in [4.78, 5) is 0. The van der Waals surface area contributed by atoms with Crippen LogP contribution in [-0.2, 0) is 0 Å². The van der Waals surface area contributed by atoms with Crippen LogP contribution < -0.4 is 0 Å². The molecule has 180 valence electrons. The Labute approximate surface area is 192 Å². The van der Waals surface area contributed by atoms with Crippen LogP contribution in [0.4, 0.5) is 0 Å². The van der Waals surface area contributed by atoms with Gasteiger partial charge in [0.25, 0.3) is 0 Å². The maximum absolute atomic E-state index is 2.38. The molecule has 0 radical (unpaired) electrons. The third-order valence-corrected chi connectivity index (χ3v) is 9.66. The highest BCUT2D eigenvalue weighted by molar-refractivity contribution is 4.70. The fraction of sp³-hybridized carbons (Fsp3) is 1.00. The first kappa shape index (κ1) is 28.0. The first-order chi connectivity index (χ1) is 14.2. The zero-order valence-electron chi connectivity index (χ0n) is 22.5. The van der Waals surface area contributed by atoms with Gasteiger partial charge < -0.3 is 0 Å². The monoisotopic (exact) mass is 420 g/mol. The summed E-state index contributed by atoms with van der Waals surface area (Å²) < 4.78 is 0. The Morgan fingerprint density at radius 2 is 0.367 bits per heavy atom. The first-order valence-electron chi connectivity index (χ1n) is 14.2. The van der Waals surface area contributed by atoms with E-state index in [1.807, 2.05) is 0 Å². The maximum Gasteiger partial charge on any atom is -0.0417 e. The second kappa shape index (κ2) is 15.7. The van der Waals surface area contributed by atoms with E-state index in [2.05, 4.69) is 55.4 Å². The van der Waals surface area contributed by atoms with Gasteiger partial charge in [-0.05, 0) is 47.3 Å². The summed E-state index contributed by atoms with van der Waals surface area (Å²) in [6, 6.07) is 0. The molecule has 4 aliphatic rings. The molecule has 4 aliphatic carbocycles. The summed E-state index contributed by atoms with van der Waals surface area (Å²) in [5, 5.41) is 0. The second-order valence-electron chi connectivity index (χ2n) is 12.2. The highest BCUT2D eigenvalue weighted by atomic mass is 14.2. The molecule has 0 saturated heterocycles. The van der Waals surface area contributed by atoms with Gasteiger partial charge in [0.05, 0.1) is 0 Å². The van der Waals surface area contributed by atoms with Crippen molar-refractivity contribution in [1.82, 2.24) is 0 Å². The average Bonchev–Trinajstić information content (AvgIpc) is 3.29. The smallest absolute Gasteiger partial charge is 0.0417 e. The van der Waals surface area contributed by atoms with Crippen molar-refractivity contribution >= 4 is 0 Å². The molecule has 0 N–H and O–H groups in total. The molecule has 0 heteroatoms. The molecular formula is C30H60. The average molecular weight is 421 g/mol. The Hall–Kier alpha value is 0. The molecule has 30 heavy (non-hydrogen) atoms. The van der Waals surface area contributed by atoms with Crippen molar-refractivity contribution < 1.29 is 0 Å². The molecule has 0 heterocycles. The van der Waals surface area contributed by atoms with Gasteiger partial charge in [0.2, 0.25) is 0 Å². The standard InChI is InChI=1S/2C8H16.2C7H14/c2*1-7-5-3-4-6-8(7)2;2*1-6-4-3-5-7(6)2/h2*7-8H,3-6H2,1-2H3;2*6-7H,3-5H2,1-2H3. The van der Waals surface area contributed by atoms with Crippen LogP contribution in [0.1, 0.15) is 145 Å². The van der Waals surface area contributed by atoms with Crippen molar-refractivity contribution in [3.63, 3.8) is 0 Å². The minimum atomic E-state index is 1.00. The molecule has 0 bridgehead atoms. The summed E-state index contributed by atoms with van der Waals surface area (Å²) in [6.45, 7) is 19.0. The second-order valence-corrected chi connectivity index (χ2v) is 12.2. The molecule has 0 aromatic rings. The fourth-order valence-electron chi connectivity index (χ4n) is 5.66. The lowest BCUT2D eigenvalue weighted by Crippen LogP contribution is -2.12. The molecule has 0 aromatic heterocycles. The quantitative estimate of drug-likeness (QED) is 0.365. The highest BCUT2D eigenvalue weighted by Crippen LogP contribution is 2.31. The Morgan fingerprint density at radius 3 is 0.467 bits per heavy atom. The SMILES string of the molecule is CC1CCCC1C.CC1CCCC1C.CC1CCCCC1C.CC1CCCCC1C.